The van der Waals surface area contributed by atoms with Gasteiger partial charge in [0.05, 0.1) is 12.2 Å². The molecule has 1 aromatic carbocycles. The number of nitrogens with two attached hydrogens (primary N) is 1. The summed E-state index contributed by atoms with van der Waals surface area (Å²) in [4.78, 5) is 24.5. The minimum absolute atomic E-state index is 0.0355. The maximum absolute atomic E-state index is 13.4. The minimum Gasteiger partial charge on any atom is -0.462 e. The van der Waals surface area contributed by atoms with Gasteiger partial charge in [0, 0.05) is 31.8 Å². The SMILES string of the molecule is Cc1c(N)cc(C(=O)OCCCC(=O)N(C)C)cc1F. The van der Waals surface area contributed by atoms with Gasteiger partial charge in [0.2, 0.25) is 5.91 Å². The van der Waals surface area contributed by atoms with Gasteiger partial charge in [-0.1, -0.05) is 0 Å². The second-order valence-electron chi connectivity index (χ2n) is 4.70. The topological polar surface area (TPSA) is 72.6 Å². The molecule has 1 amide bonds. The van der Waals surface area contributed by atoms with Crippen molar-refractivity contribution in [3.8, 4) is 0 Å². The van der Waals surface area contributed by atoms with Crippen LogP contribution in [0.5, 0.6) is 0 Å². The largest absolute Gasteiger partial charge is 0.462 e. The molecule has 110 valence electrons. The number of rotatable bonds is 5. The van der Waals surface area contributed by atoms with Gasteiger partial charge in [0.25, 0.3) is 0 Å². The number of nitrogens with zero attached hydrogens (tertiary/aromatic N) is 1. The van der Waals surface area contributed by atoms with Gasteiger partial charge in [-0.3, -0.25) is 4.79 Å². The van der Waals surface area contributed by atoms with E-state index in [-0.39, 0.29) is 23.8 Å². The Morgan fingerprint density at radius 3 is 2.55 bits per heavy atom. The van der Waals surface area contributed by atoms with Crippen molar-refractivity contribution in [2.45, 2.75) is 19.8 Å². The summed E-state index contributed by atoms with van der Waals surface area (Å²) in [5.41, 5.74) is 6.17. The van der Waals surface area contributed by atoms with Crippen LogP contribution in [0.15, 0.2) is 12.1 Å². The molecule has 0 unspecified atom stereocenters. The van der Waals surface area contributed by atoms with Crippen LogP contribution in [-0.4, -0.2) is 37.5 Å². The predicted octanol–water partition coefficient (Wildman–Crippen LogP) is 1.74. The fourth-order valence-electron chi connectivity index (χ4n) is 1.51. The van der Waals surface area contributed by atoms with Crippen LogP contribution in [0.1, 0.15) is 28.8 Å². The Morgan fingerprint density at radius 2 is 2.00 bits per heavy atom. The van der Waals surface area contributed by atoms with E-state index in [4.69, 9.17) is 10.5 Å². The molecule has 0 aliphatic rings. The molecule has 0 aromatic heterocycles. The van der Waals surface area contributed by atoms with E-state index in [1.807, 2.05) is 0 Å². The summed E-state index contributed by atoms with van der Waals surface area (Å²) in [7, 11) is 3.32. The van der Waals surface area contributed by atoms with E-state index in [9.17, 15) is 14.0 Å². The van der Waals surface area contributed by atoms with Crippen LogP contribution in [-0.2, 0) is 9.53 Å². The maximum Gasteiger partial charge on any atom is 0.338 e. The lowest BCUT2D eigenvalue weighted by atomic mass is 10.1. The number of anilines is 1. The number of ether oxygens (including phenoxy) is 1. The van der Waals surface area contributed by atoms with Crippen LogP contribution in [0.25, 0.3) is 0 Å². The molecule has 0 radical (unpaired) electrons. The molecule has 1 rings (SSSR count). The standard InChI is InChI=1S/C14H19FN2O3/c1-9-11(15)7-10(8-12(9)16)14(19)20-6-4-5-13(18)17(2)3/h7-8H,4-6,16H2,1-3H3. The number of esters is 1. The zero-order valence-corrected chi connectivity index (χ0v) is 11.9. The lowest BCUT2D eigenvalue weighted by Crippen LogP contribution is -2.21. The van der Waals surface area contributed by atoms with Crippen molar-refractivity contribution in [2.24, 2.45) is 0 Å². The van der Waals surface area contributed by atoms with Gasteiger partial charge >= 0.3 is 5.97 Å². The Labute approximate surface area is 117 Å². The molecular weight excluding hydrogens is 263 g/mol. The monoisotopic (exact) mass is 282 g/mol. The third-order valence-corrected chi connectivity index (χ3v) is 2.89. The minimum atomic E-state index is -0.645. The van der Waals surface area contributed by atoms with Gasteiger partial charge in [-0.25, -0.2) is 9.18 Å². The molecule has 20 heavy (non-hydrogen) atoms. The van der Waals surface area contributed by atoms with E-state index in [0.717, 1.165) is 6.07 Å². The second kappa shape index (κ2) is 6.88. The highest BCUT2D eigenvalue weighted by molar-refractivity contribution is 5.90. The average molecular weight is 282 g/mol. The number of hydrogen-bond acceptors (Lipinski definition) is 4. The molecule has 0 saturated heterocycles. The summed E-state index contributed by atoms with van der Waals surface area (Å²) in [6.45, 7) is 1.64. The van der Waals surface area contributed by atoms with Crippen molar-refractivity contribution in [1.29, 1.82) is 0 Å². The Hall–Kier alpha value is -2.11. The fraction of sp³-hybridized carbons (Fsp3) is 0.429. The van der Waals surface area contributed by atoms with E-state index in [1.54, 1.807) is 14.1 Å². The Bertz CT molecular complexity index is 492. The lowest BCUT2D eigenvalue weighted by Gasteiger charge is -2.10. The van der Waals surface area contributed by atoms with Crippen LogP contribution in [0.3, 0.4) is 0 Å². The summed E-state index contributed by atoms with van der Waals surface area (Å²) in [5.74, 6) is -1.22. The predicted molar refractivity (Wildman–Crippen MR) is 73.8 cm³/mol. The van der Waals surface area contributed by atoms with Gasteiger partial charge in [-0.2, -0.15) is 0 Å². The van der Waals surface area contributed by atoms with E-state index in [1.165, 1.54) is 17.9 Å². The Kier molecular flexibility index (Phi) is 5.49. The summed E-state index contributed by atoms with van der Waals surface area (Å²) < 4.78 is 18.4. The Balaban J connectivity index is 2.50. The third kappa shape index (κ3) is 4.22. The van der Waals surface area contributed by atoms with Crippen molar-refractivity contribution in [3.63, 3.8) is 0 Å². The van der Waals surface area contributed by atoms with Crippen LogP contribution in [0.4, 0.5) is 10.1 Å². The van der Waals surface area contributed by atoms with E-state index in [0.29, 0.717) is 18.4 Å². The normalized spacial score (nSPS) is 10.2. The molecule has 0 aliphatic carbocycles. The van der Waals surface area contributed by atoms with Crippen molar-refractivity contribution >= 4 is 17.6 Å². The number of benzene rings is 1. The number of hydrogen-bond donors (Lipinski definition) is 1. The van der Waals surface area contributed by atoms with Gasteiger partial charge in [-0.05, 0) is 25.5 Å². The van der Waals surface area contributed by atoms with Crippen molar-refractivity contribution in [1.82, 2.24) is 4.90 Å². The van der Waals surface area contributed by atoms with Gasteiger partial charge in [0.15, 0.2) is 0 Å². The van der Waals surface area contributed by atoms with E-state index in [2.05, 4.69) is 0 Å². The number of amides is 1. The van der Waals surface area contributed by atoms with Gasteiger partial charge in [0.1, 0.15) is 5.82 Å². The molecular formula is C14H19FN2O3. The van der Waals surface area contributed by atoms with E-state index < -0.39 is 11.8 Å². The van der Waals surface area contributed by atoms with Crippen molar-refractivity contribution < 1.29 is 18.7 Å². The highest BCUT2D eigenvalue weighted by atomic mass is 19.1. The summed E-state index contributed by atoms with van der Waals surface area (Å²) >= 11 is 0. The molecule has 0 aliphatic heterocycles. The van der Waals surface area contributed by atoms with Crippen LogP contribution < -0.4 is 5.73 Å². The molecule has 0 atom stereocenters. The fourth-order valence-corrected chi connectivity index (χ4v) is 1.51. The molecule has 0 saturated carbocycles. The van der Waals surface area contributed by atoms with Crippen LogP contribution in [0.2, 0.25) is 0 Å². The number of nitrogen functional groups attached to an aromatic ring is 1. The molecule has 0 spiro atoms. The first-order chi connectivity index (χ1) is 9.32. The third-order valence-electron chi connectivity index (χ3n) is 2.89. The first kappa shape index (κ1) is 15.9. The number of carbonyl (C=O) groups is 2. The van der Waals surface area contributed by atoms with Gasteiger partial charge in [-0.15, -0.1) is 0 Å². The quantitative estimate of drug-likeness (QED) is 0.507. The molecule has 0 bridgehead atoms. The molecule has 2 N–H and O–H groups in total. The van der Waals surface area contributed by atoms with Gasteiger partial charge < -0.3 is 15.4 Å². The Morgan fingerprint density at radius 1 is 1.35 bits per heavy atom. The van der Waals surface area contributed by atoms with E-state index >= 15 is 0 Å². The molecule has 6 heteroatoms. The summed E-state index contributed by atoms with van der Waals surface area (Å²) in [5, 5.41) is 0. The van der Waals surface area contributed by atoms with Crippen molar-refractivity contribution in [2.75, 3.05) is 26.4 Å². The van der Waals surface area contributed by atoms with Crippen LogP contribution in [0, 0.1) is 12.7 Å². The summed E-state index contributed by atoms with van der Waals surface area (Å²) in [6, 6.07) is 2.48. The smallest absolute Gasteiger partial charge is 0.338 e. The maximum atomic E-state index is 13.4. The zero-order chi connectivity index (χ0) is 15.3. The average Bonchev–Trinajstić information content (AvgIpc) is 2.39. The molecule has 5 nitrogen and oxygen atoms in total. The second-order valence-corrected chi connectivity index (χ2v) is 4.70. The first-order valence-electron chi connectivity index (χ1n) is 6.25. The number of carbonyl (C=O) groups excluding carboxylic acids is 2. The molecule has 0 heterocycles. The zero-order valence-electron chi connectivity index (χ0n) is 11.9. The summed E-state index contributed by atoms with van der Waals surface area (Å²) in [6.07, 6.45) is 0.720. The van der Waals surface area contributed by atoms with Crippen molar-refractivity contribution in [3.05, 3.63) is 29.1 Å². The molecule has 1 aromatic rings. The lowest BCUT2D eigenvalue weighted by molar-refractivity contribution is -0.128. The highest BCUT2D eigenvalue weighted by Crippen LogP contribution is 2.18. The van der Waals surface area contributed by atoms with Crippen LogP contribution >= 0.6 is 0 Å². The number of halogens is 1. The highest BCUT2D eigenvalue weighted by Gasteiger charge is 2.12. The molecule has 0 fully saturated rings. The first-order valence-corrected chi connectivity index (χ1v) is 6.25.